The lowest BCUT2D eigenvalue weighted by atomic mass is 9.88. The van der Waals surface area contributed by atoms with Crippen LogP contribution < -0.4 is 15.1 Å². The molecule has 2 aliphatic heterocycles. The molecule has 1 saturated heterocycles. The summed E-state index contributed by atoms with van der Waals surface area (Å²) in [5.41, 5.74) is 2.82. The van der Waals surface area contributed by atoms with Crippen LogP contribution in [-0.4, -0.2) is 29.5 Å². The van der Waals surface area contributed by atoms with Gasteiger partial charge in [0.25, 0.3) is 11.8 Å². The van der Waals surface area contributed by atoms with Gasteiger partial charge in [0, 0.05) is 28.3 Å². The van der Waals surface area contributed by atoms with Crippen molar-refractivity contribution in [2.24, 2.45) is 0 Å². The zero-order chi connectivity index (χ0) is 23.4. The van der Waals surface area contributed by atoms with Crippen molar-refractivity contribution < 1.29 is 14.0 Å². The predicted molar refractivity (Wildman–Crippen MR) is 133 cm³/mol. The van der Waals surface area contributed by atoms with E-state index in [2.05, 4.69) is 41.2 Å². The molecular weight excluding hydrogens is 493 g/mol. The number of carbonyl (C=O) groups excluding carboxylic acids is 2. The lowest BCUT2D eigenvalue weighted by Crippen LogP contribution is -2.54. The molecule has 164 valence electrons. The van der Waals surface area contributed by atoms with Crippen molar-refractivity contribution in [3.05, 3.63) is 69.5 Å². The lowest BCUT2D eigenvalue weighted by molar-refractivity contribution is -0.122. The first-order chi connectivity index (χ1) is 15.0. The highest BCUT2D eigenvalue weighted by Crippen LogP contribution is 2.39. The number of hydrogen-bond donors (Lipinski definition) is 1. The van der Waals surface area contributed by atoms with Gasteiger partial charge in [-0.1, -0.05) is 22.0 Å². The number of nitrogens with zero attached hydrogens (tertiary/aromatic N) is 2. The Kier molecular flexibility index (Phi) is 5.55. The lowest BCUT2D eigenvalue weighted by Gasteiger charge is -2.40. The number of nitrogens with one attached hydrogen (secondary N) is 1. The first kappa shape index (κ1) is 22.4. The second-order valence-electron chi connectivity index (χ2n) is 8.37. The zero-order valence-corrected chi connectivity index (χ0v) is 20.4. The quantitative estimate of drug-likeness (QED) is 0.346. The largest absolute Gasteiger partial charge is 0.365 e. The summed E-state index contributed by atoms with van der Waals surface area (Å²) in [6, 6.07) is 10.1. The van der Waals surface area contributed by atoms with Gasteiger partial charge in [0.2, 0.25) is 0 Å². The molecule has 1 N–H and O–H groups in total. The van der Waals surface area contributed by atoms with Gasteiger partial charge in [-0.2, -0.15) is 0 Å². The van der Waals surface area contributed by atoms with Crippen LogP contribution in [0.5, 0.6) is 0 Å². The number of hydrogen-bond acceptors (Lipinski definition) is 4. The Bertz CT molecular complexity index is 1230. The van der Waals surface area contributed by atoms with Crippen molar-refractivity contribution in [1.82, 2.24) is 5.32 Å². The van der Waals surface area contributed by atoms with E-state index in [1.165, 1.54) is 17.0 Å². The maximum Gasteiger partial charge on any atom is 0.270 e. The molecule has 0 bridgehead atoms. The number of anilines is 2. The van der Waals surface area contributed by atoms with Crippen LogP contribution in [0.15, 0.2) is 52.5 Å². The van der Waals surface area contributed by atoms with E-state index in [1.807, 2.05) is 18.9 Å². The summed E-state index contributed by atoms with van der Waals surface area (Å²) in [6.45, 7) is 6.07. The van der Waals surface area contributed by atoms with Crippen molar-refractivity contribution in [2.45, 2.75) is 26.3 Å². The van der Waals surface area contributed by atoms with Gasteiger partial charge in [0.1, 0.15) is 11.4 Å². The molecule has 0 unspecified atom stereocenters. The molecule has 4 rings (SSSR count). The molecule has 0 atom stereocenters. The molecule has 8 heteroatoms. The fourth-order valence-corrected chi connectivity index (χ4v) is 4.48. The van der Waals surface area contributed by atoms with Gasteiger partial charge in [0.15, 0.2) is 5.11 Å². The Balaban J connectivity index is 1.78. The number of likely N-dealkylation sites (N-methyl/N-ethyl adjacent to an activating group) is 1. The minimum atomic E-state index is -0.656. The fraction of sp³-hybridized carbons (Fsp3) is 0.208. The van der Waals surface area contributed by atoms with Crippen molar-refractivity contribution in [1.29, 1.82) is 0 Å². The van der Waals surface area contributed by atoms with E-state index >= 15 is 4.39 Å². The Morgan fingerprint density at radius 3 is 2.47 bits per heavy atom. The first-order valence-electron chi connectivity index (χ1n) is 9.94. The summed E-state index contributed by atoms with van der Waals surface area (Å²) in [7, 11) is 1.91. The van der Waals surface area contributed by atoms with E-state index in [1.54, 1.807) is 30.3 Å². The summed E-state index contributed by atoms with van der Waals surface area (Å²) in [4.78, 5) is 29.0. The highest BCUT2D eigenvalue weighted by atomic mass is 79.9. The van der Waals surface area contributed by atoms with Crippen molar-refractivity contribution >= 4 is 68.1 Å². The Morgan fingerprint density at radius 1 is 1.16 bits per heavy atom. The highest BCUT2D eigenvalue weighted by Gasteiger charge is 2.35. The van der Waals surface area contributed by atoms with Gasteiger partial charge in [-0.3, -0.25) is 19.8 Å². The second kappa shape index (κ2) is 7.94. The molecule has 0 aliphatic carbocycles. The molecule has 2 amide bonds. The molecule has 0 spiro atoms. The van der Waals surface area contributed by atoms with Gasteiger partial charge >= 0.3 is 0 Å². The Hall–Kier alpha value is -2.84. The summed E-state index contributed by atoms with van der Waals surface area (Å²) in [6.07, 6.45) is 3.39. The van der Waals surface area contributed by atoms with Gasteiger partial charge < -0.3 is 4.90 Å². The third-order valence-electron chi connectivity index (χ3n) is 5.82. The number of benzene rings is 2. The van der Waals surface area contributed by atoms with Crippen LogP contribution in [0.25, 0.3) is 11.6 Å². The van der Waals surface area contributed by atoms with Crippen LogP contribution in [-0.2, 0) is 9.59 Å². The average Bonchev–Trinajstić information content (AvgIpc) is 2.71. The number of thiocarbonyl (C=S) groups is 1. The molecule has 0 aromatic heterocycles. The van der Waals surface area contributed by atoms with Crippen LogP contribution >= 0.6 is 28.1 Å². The number of halogens is 2. The van der Waals surface area contributed by atoms with Crippen LogP contribution in [0.3, 0.4) is 0 Å². The molecule has 0 radical (unpaired) electrons. The highest BCUT2D eigenvalue weighted by molar-refractivity contribution is 9.10. The van der Waals surface area contributed by atoms with E-state index in [0.717, 1.165) is 21.3 Å². The smallest absolute Gasteiger partial charge is 0.270 e. The summed E-state index contributed by atoms with van der Waals surface area (Å²) >= 11 is 8.57. The Labute approximate surface area is 199 Å². The first-order valence-corrected chi connectivity index (χ1v) is 11.1. The maximum absolute atomic E-state index is 15.1. The standard InChI is InChI=1S/C24H21BrFN3O2S/c1-13-12-24(2,3)28(4)20-11-19(26)14(9-17(13)20)10-18-21(30)27-23(32)29(22(18)31)16-7-5-15(25)6-8-16/h5-12H,1-4H3,(H,27,30,32)/b18-10-. The minimum absolute atomic E-state index is 0.0204. The van der Waals surface area contributed by atoms with E-state index in [-0.39, 0.29) is 21.8 Å². The second-order valence-corrected chi connectivity index (χ2v) is 9.67. The van der Waals surface area contributed by atoms with Crippen LogP contribution in [0.4, 0.5) is 15.8 Å². The molecule has 5 nitrogen and oxygen atoms in total. The molecule has 2 aliphatic rings. The molecule has 2 aromatic rings. The van der Waals surface area contributed by atoms with Crippen molar-refractivity contribution in [3.8, 4) is 0 Å². The maximum atomic E-state index is 15.1. The van der Waals surface area contributed by atoms with Gasteiger partial charge in [-0.25, -0.2) is 4.39 Å². The zero-order valence-electron chi connectivity index (χ0n) is 18.0. The van der Waals surface area contributed by atoms with E-state index < -0.39 is 17.6 Å². The number of amides is 2. The van der Waals surface area contributed by atoms with Crippen molar-refractivity contribution in [3.63, 3.8) is 0 Å². The molecule has 32 heavy (non-hydrogen) atoms. The molecule has 2 aromatic carbocycles. The van der Waals surface area contributed by atoms with Crippen LogP contribution in [0.1, 0.15) is 31.9 Å². The fourth-order valence-electron chi connectivity index (χ4n) is 3.94. The van der Waals surface area contributed by atoms with Gasteiger partial charge in [-0.05, 0) is 81.0 Å². The summed E-state index contributed by atoms with van der Waals surface area (Å²) in [5.74, 6) is -1.78. The van der Waals surface area contributed by atoms with Crippen LogP contribution in [0, 0.1) is 5.82 Å². The van der Waals surface area contributed by atoms with Crippen molar-refractivity contribution in [2.75, 3.05) is 16.8 Å². The summed E-state index contributed by atoms with van der Waals surface area (Å²) < 4.78 is 15.9. The van der Waals surface area contributed by atoms with E-state index in [4.69, 9.17) is 12.2 Å². The molecule has 2 heterocycles. The normalized spacial score (nSPS) is 19.1. The SMILES string of the molecule is CC1=CC(C)(C)N(C)c2cc(F)c(/C=C3/C(=O)NC(=S)N(c4ccc(Br)cc4)C3=O)cc21. The number of carbonyl (C=O) groups is 2. The minimum Gasteiger partial charge on any atom is -0.365 e. The number of fused-ring (bicyclic) bond motifs is 1. The monoisotopic (exact) mass is 513 g/mol. The van der Waals surface area contributed by atoms with Gasteiger partial charge in [0.05, 0.1) is 11.2 Å². The average molecular weight is 514 g/mol. The predicted octanol–water partition coefficient (Wildman–Crippen LogP) is 5.05. The van der Waals surface area contributed by atoms with E-state index in [9.17, 15) is 9.59 Å². The molecule has 1 fully saturated rings. The Morgan fingerprint density at radius 2 is 1.81 bits per heavy atom. The number of allylic oxidation sites excluding steroid dienone is 1. The third kappa shape index (κ3) is 3.78. The number of rotatable bonds is 2. The van der Waals surface area contributed by atoms with Crippen LogP contribution in [0.2, 0.25) is 0 Å². The summed E-state index contributed by atoms with van der Waals surface area (Å²) in [5, 5.41) is 2.51. The van der Waals surface area contributed by atoms with Gasteiger partial charge in [-0.15, -0.1) is 0 Å². The molecular formula is C24H21BrFN3O2S. The van der Waals surface area contributed by atoms with E-state index in [0.29, 0.717) is 5.69 Å². The third-order valence-corrected chi connectivity index (χ3v) is 6.64. The molecule has 0 saturated carbocycles. The topological polar surface area (TPSA) is 52.7 Å².